The topological polar surface area (TPSA) is 93.7 Å². The molecule has 1 saturated heterocycles. The number of carbonyl (C=O) groups is 2. The third kappa shape index (κ3) is 5.09. The van der Waals surface area contributed by atoms with E-state index >= 15 is 0 Å². The number of aryl methyl sites for hydroxylation is 1. The first-order valence-corrected chi connectivity index (χ1v) is 9.65. The summed E-state index contributed by atoms with van der Waals surface area (Å²) in [6, 6.07) is 3.07. The van der Waals surface area contributed by atoms with Gasteiger partial charge < -0.3 is 9.47 Å². The summed E-state index contributed by atoms with van der Waals surface area (Å²) in [5, 5.41) is 5.23. The molecule has 3 rings (SSSR count). The molecule has 1 amide bonds. The van der Waals surface area contributed by atoms with Crippen molar-refractivity contribution in [1.29, 1.82) is 0 Å². The third-order valence-electron chi connectivity index (χ3n) is 4.08. The van der Waals surface area contributed by atoms with E-state index in [1.165, 1.54) is 17.4 Å². The number of nitrogens with zero attached hydrogens (tertiary/aromatic N) is 3. The number of morpholine rings is 1. The van der Waals surface area contributed by atoms with Crippen molar-refractivity contribution < 1.29 is 19.1 Å². The molecule has 0 aromatic carbocycles. The van der Waals surface area contributed by atoms with Crippen LogP contribution in [0, 0.1) is 6.92 Å². The van der Waals surface area contributed by atoms with E-state index in [0.29, 0.717) is 16.4 Å². The fourth-order valence-corrected chi connectivity index (χ4v) is 3.40. The summed E-state index contributed by atoms with van der Waals surface area (Å²) in [7, 11) is 0. The first-order valence-electron chi connectivity index (χ1n) is 8.77. The Labute approximate surface area is 161 Å². The predicted molar refractivity (Wildman–Crippen MR) is 101 cm³/mol. The van der Waals surface area contributed by atoms with Crippen LogP contribution >= 0.6 is 11.3 Å². The zero-order chi connectivity index (χ0) is 19.2. The number of hydrogen-bond acceptors (Lipinski definition) is 8. The molecule has 1 fully saturated rings. The van der Waals surface area contributed by atoms with Crippen LogP contribution < -0.4 is 5.32 Å². The van der Waals surface area contributed by atoms with E-state index in [1.807, 2.05) is 5.38 Å². The number of rotatable bonds is 6. The summed E-state index contributed by atoms with van der Waals surface area (Å²) in [5.41, 5.74) is 1.95. The van der Waals surface area contributed by atoms with Gasteiger partial charge in [0.15, 0.2) is 5.13 Å². The van der Waals surface area contributed by atoms with E-state index in [9.17, 15) is 9.59 Å². The van der Waals surface area contributed by atoms with Gasteiger partial charge in [-0.1, -0.05) is 0 Å². The maximum Gasteiger partial charge on any atom is 0.339 e. The van der Waals surface area contributed by atoms with Crippen molar-refractivity contribution in [3.63, 3.8) is 0 Å². The minimum Gasteiger partial charge on any atom is -0.462 e. The van der Waals surface area contributed by atoms with Crippen LogP contribution in [-0.2, 0) is 16.0 Å². The molecule has 0 unspecified atom stereocenters. The molecule has 9 heteroatoms. The number of esters is 1. The summed E-state index contributed by atoms with van der Waals surface area (Å²) in [4.78, 5) is 35.2. The summed E-state index contributed by atoms with van der Waals surface area (Å²) in [5.74, 6) is -0.803. The zero-order valence-electron chi connectivity index (χ0n) is 15.4. The van der Waals surface area contributed by atoms with Crippen LogP contribution in [0.2, 0.25) is 0 Å². The van der Waals surface area contributed by atoms with Gasteiger partial charge in [-0.25, -0.2) is 14.8 Å². The molecule has 0 radical (unpaired) electrons. The lowest BCUT2D eigenvalue weighted by Gasteiger charge is -2.25. The first kappa shape index (κ1) is 19.4. The normalized spacial score (nSPS) is 14.7. The fraction of sp³-hybridized carbons (Fsp3) is 0.444. The zero-order valence-corrected chi connectivity index (χ0v) is 16.2. The van der Waals surface area contributed by atoms with Gasteiger partial charge in [0.05, 0.1) is 36.8 Å². The summed E-state index contributed by atoms with van der Waals surface area (Å²) in [6.45, 7) is 7.68. The van der Waals surface area contributed by atoms with Crippen molar-refractivity contribution in [2.24, 2.45) is 0 Å². The molecule has 0 bridgehead atoms. The molecule has 144 valence electrons. The molecule has 2 aromatic heterocycles. The van der Waals surface area contributed by atoms with Gasteiger partial charge in [0.2, 0.25) is 0 Å². The Bertz CT molecular complexity index is 817. The molecule has 8 nitrogen and oxygen atoms in total. The molecule has 27 heavy (non-hydrogen) atoms. The summed E-state index contributed by atoms with van der Waals surface area (Å²) >= 11 is 1.38. The van der Waals surface area contributed by atoms with Gasteiger partial charge in [-0.15, -0.1) is 11.3 Å². The van der Waals surface area contributed by atoms with Crippen molar-refractivity contribution in [2.45, 2.75) is 20.4 Å². The molecule has 1 N–H and O–H groups in total. The van der Waals surface area contributed by atoms with Crippen LogP contribution in [0.5, 0.6) is 0 Å². The van der Waals surface area contributed by atoms with Crippen LogP contribution in [0.1, 0.15) is 39.2 Å². The van der Waals surface area contributed by atoms with E-state index in [4.69, 9.17) is 9.47 Å². The maximum atomic E-state index is 12.4. The van der Waals surface area contributed by atoms with Gasteiger partial charge >= 0.3 is 5.97 Å². The third-order valence-corrected chi connectivity index (χ3v) is 4.88. The Morgan fingerprint density at radius 1 is 1.30 bits per heavy atom. The van der Waals surface area contributed by atoms with Crippen molar-refractivity contribution in [3.05, 3.63) is 40.2 Å². The first-order chi connectivity index (χ1) is 13.1. The minimum atomic E-state index is -0.442. The van der Waals surface area contributed by atoms with Gasteiger partial charge in [-0.05, 0) is 26.0 Å². The standard InChI is InChI=1S/C18H22N4O4S/c1-3-26-17(24)14-4-5-15(19-12(14)2)16(23)21-18-20-13(11-27-18)10-22-6-8-25-9-7-22/h4-5,11H,3,6-10H2,1-2H3,(H,20,21,23). The fourth-order valence-electron chi connectivity index (χ4n) is 2.70. The van der Waals surface area contributed by atoms with Gasteiger partial charge in [-0.2, -0.15) is 0 Å². The minimum absolute atomic E-state index is 0.227. The lowest BCUT2D eigenvalue weighted by atomic mass is 10.2. The number of anilines is 1. The Morgan fingerprint density at radius 3 is 2.78 bits per heavy atom. The van der Waals surface area contributed by atoms with Crippen molar-refractivity contribution in [1.82, 2.24) is 14.9 Å². The summed E-state index contributed by atoms with van der Waals surface area (Å²) in [6.07, 6.45) is 0. The number of amides is 1. The highest BCUT2D eigenvalue weighted by Crippen LogP contribution is 2.18. The molecule has 2 aromatic rings. The molecular formula is C18H22N4O4S. The Balaban J connectivity index is 1.61. The lowest BCUT2D eigenvalue weighted by Crippen LogP contribution is -2.35. The van der Waals surface area contributed by atoms with E-state index in [0.717, 1.165) is 38.5 Å². The van der Waals surface area contributed by atoms with Gasteiger partial charge in [0.25, 0.3) is 5.91 Å². The number of carbonyl (C=O) groups excluding carboxylic acids is 2. The second kappa shape index (κ2) is 9.03. The highest BCUT2D eigenvalue weighted by molar-refractivity contribution is 7.13. The van der Waals surface area contributed by atoms with Crippen LogP contribution in [0.4, 0.5) is 5.13 Å². The van der Waals surface area contributed by atoms with E-state index in [1.54, 1.807) is 19.9 Å². The average Bonchev–Trinajstić information content (AvgIpc) is 3.09. The molecule has 0 atom stereocenters. The SMILES string of the molecule is CCOC(=O)c1ccc(C(=O)Nc2nc(CN3CCOCC3)cs2)nc1C. The number of aromatic nitrogens is 2. The lowest BCUT2D eigenvalue weighted by molar-refractivity contribution is 0.0337. The number of ether oxygens (including phenoxy) is 2. The highest BCUT2D eigenvalue weighted by Gasteiger charge is 2.17. The van der Waals surface area contributed by atoms with Crippen molar-refractivity contribution in [3.8, 4) is 0 Å². The monoisotopic (exact) mass is 390 g/mol. The number of pyridine rings is 1. The van der Waals surface area contributed by atoms with E-state index in [-0.39, 0.29) is 18.2 Å². The molecule has 0 aliphatic carbocycles. The van der Waals surface area contributed by atoms with Crippen LogP contribution in [0.3, 0.4) is 0 Å². The van der Waals surface area contributed by atoms with Gasteiger partial charge in [0.1, 0.15) is 5.69 Å². The second-order valence-corrected chi connectivity index (χ2v) is 6.89. The largest absolute Gasteiger partial charge is 0.462 e. The highest BCUT2D eigenvalue weighted by atomic mass is 32.1. The second-order valence-electron chi connectivity index (χ2n) is 6.04. The smallest absolute Gasteiger partial charge is 0.339 e. The average molecular weight is 390 g/mol. The van der Waals surface area contributed by atoms with Crippen molar-refractivity contribution in [2.75, 3.05) is 38.2 Å². The molecule has 0 saturated carbocycles. The molecule has 1 aliphatic rings. The predicted octanol–water partition coefficient (Wildman–Crippen LogP) is 2.11. The van der Waals surface area contributed by atoms with Crippen LogP contribution in [-0.4, -0.2) is 59.7 Å². The number of nitrogens with one attached hydrogen (secondary N) is 1. The molecular weight excluding hydrogens is 368 g/mol. The molecule has 3 heterocycles. The molecule has 0 spiro atoms. The van der Waals surface area contributed by atoms with Gasteiger partial charge in [-0.3, -0.25) is 15.0 Å². The summed E-state index contributed by atoms with van der Waals surface area (Å²) < 4.78 is 10.3. The van der Waals surface area contributed by atoms with Crippen LogP contribution in [0.15, 0.2) is 17.5 Å². The number of hydrogen-bond donors (Lipinski definition) is 1. The Hall–Kier alpha value is -2.36. The van der Waals surface area contributed by atoms with Crippen molar-refractivity contribution >= 4 is 28.3 Å². The van der Waals surface area contributed by atoms with Crippen LogP contribution in [0.25, 0.3) is 0 Å². The Kier molecular flexibility index (Phi) is 6.49. The van der Waals surface area contributed by atoms with E-state index < -0.39 is 5.97 Å². The maximum absolute atomic E-state index is 12.4. The van der Waals surface area contributed by atoms with Gasteiger partial charge in [0, 0.05) is 25.0 Å². The quantitative estimate of drug-likeness (QED) is 0.755. The Morgan fingerprint density at radius 2 is 2.07 bits per heavy atom. The van der Waals surface area contributed by atoms with E-state index in [2.05, 4.69) is 20.2 Å². The molecule has 1 aliphatic heterocycles. The number of thiazole rings is 1.